The molecule has 3 aliphatic rings. The lowest BCUT2D eigenvalue weighted by atomic mass is 9.81. The molecule has 0 radical (unpaired) electrons. The molecule has 0 spiro atoms. The Bertz CT molecular complexity index is 344. The molecule has 4 atom stereocenters. The molecule has 4 unspecified atom stereocenters. The molecular formula is C14H21NO3. The number of carbonyl (C=O) groups is 2. The summed E-state index contributed by atoms with van der Waals surface area (Å²) in [6.07, 6.45) is 6.32. The van der Waals surface area contributed by atoms with E-state index < -0.39 is 0 Å². The second-order valence-electron chi connectivity index (χ2n) is 6.04. The van der Waals surface area contributed by atoms with Gasteiger partial charge in [0.25, 0.3) is 0 Å². The monoisotopic (exact) mass is 251 g/mol. The minimum Gasteiger partial charge on any atom is -0.393 e. The van der Waals surface area contributed by atoms with Gasteiger partial charge in [-0.3, -0.25) is 14.5 Å². The smallest absolute Gasteiger partial charge is 0.233 e. The summed E-state index contributed by atoms with van der Waals surface area (Å²) < 4.78 is 0. The molecule has 1 aliphatic heterocycles. The molecule has 1 N–H and O–H groups in total. The van der Waals surface area contributed by atoms with Crippen molar-refractivity contribution in [2.75, 3.05) is 6.54 Å². The van der Waals surface area contributed by atoms with E-state index in [1.54, 1.807) is 0 Å². The average Bonchev–Trinajstić information content (AvgIpc) is 2.89. The molecule has 3 fully saturated rings. The Morgan fingerprint density at radius 3 is 2.06 bits per heavy atom. The Morgan fingerprint density at radius 2 is 1.56 bits per heavy atom. The molecule has 2 saturated carbocycles. The molecule has 0 aromatic heterocycles. The van der Waals surface area contributed by atoms with Gasteiger partial charge >= 0.3 is 0 Å². The number of fused-ring (bicyclic) bond motifs is 1. The number of hydrogen-bond acceptors (Lipinski definition) is 3. The van der Waals surface area contributed by atoms with E-state index in [0.29, 0.717) is 6.54 Å². The minimum atomic E-state index is -0.326. The second kappa shape index (κ2) is 4.65. The fourth-order valence-electron chi connectivity index (χ4n) is 3.88. The van der Waals surface area contributed by atoms with Crippen LogP contribution in [0.5, 0.6) is 0 Å². The van der Waals surface area contributed by atoms with Crippen LogP contribution in [0.25, 0.3) is 0 Å². The van der Waals surface area contributed by atoms with E-state index in [1.165, 1.54) is 4.90 Å². The van der Waals surface area contributed by atoms with E-state index >= 15 is 0 Å². The van der Waals surface area contributed by atoms with E-state index in [0.717, 1.165) is 44.9 Å². The number of carbonyl (C=O) groups excluding carboxylic acids is 2. The van der Waals surface area contributed by atoms with Crippen molar-refractivity contribution < 1.29 is 14.7 Å². The third-order valence-electron chi connectivity index (χ3n) is 4.97. The molecule has 0 aromatic rings. The Hall–Kier alpha value is -0.900. The van der Waals surface area contributed by atoms with Crippen LogP contribution in [0.15, 0.2) is 0 Å². The van der Waals surface area contributed by atoms with Crippen molar-refractivity contribution in [1.82, 2.24) is 4.90 Å². The fourth-order valence-corrected chi connectivity index (χ4v) is 3.88. The summed E-state index contributed by atoms with van der Waals surface area (Å²) in [7, 11) is 0. The van der Waals surface area contributed by atoms with Crippen molar-refractivity contribution in [1.29, 1.82) is 0 Å². The van der Waals surface area contributed by atoms with Crippen molar-refractivity contribution in [3.05, 3.63) is 0 Å². The number of aliphatic hydroxyl groups excluding tert-OH is 1. The van der Waals surface area contributed by atoms with Crippen LogP contribution in [0.3, 0.4) is 0 Å². The van der Waals surface area contributed by atoms with Gasteiger partial charge in [0.2, 0.25) is 11.8 Å². The van der Waals surface area contributed by atoms with Crippen molar-refractivity contribution >= 4 is 11.8 Å². The van der Waals surface area contributed by atoms with Crippen LogP contribution >= 0.6 is 0 Å². The zero-order valence-electron chi connectivity index (χ0n) is 10.7. The average molecular weight is 251 g/mol. The Balaban J connectivity index is 1.72. The van der Waals surface area contributed by atoms with Crippen molar-refractivity contribution in [3.63, 3.8) is 0 Å². The quantitative estimate of drug-likeness (QED) is 0.753. The maximum absolute atomic E-state index is 12.3. The zero-order valence-corrected chi connectivity index (χ0v) is 10.7. The normalized spacial score (nSPS) is 40.4. The Kier molecular flexibility index (Phi) is 3.14. The van der Waals surface area contributed by atoms with Crippen LogP contribution in [0.2, 0.25) is 0 Å². The van der Waals surface area contributed by atoms with Gasteiger partial charge in [-0.25, -0.2) is 0 Å². The first kappa shape index (κ1) is 12.2. The predicted octanol–water partition coefficient (Wildman–Crippen LogP) is 1.32. The van der Waals surface area contributed by atoms with E-state index in [-0.39, 0.29) is 35.7 Å². The van der Waals surface area contributed by atoms with Gasteiger partial charge in [-0.15, -0.1) is 0 Å². The van der Waals surface area contributed by atoms with E-state index in [4.69, 9.17) is 0 Å². The van der Waals surface area contributed by atoms with Gasteiger partial charge in [-0.2, -0.15) is 0 Å². The molecule has 1 heterocycles. The topological polar surface area (TPSA) is 57.6 Å². The molecule has 4 heteroatoms. The maximum atomic E-state index is 12.3. The summed E-state index contributed by atoms with van der Waals surface area (Å²) in [6, 6.07) is 0. The first-order valence-electron chi connectivity index (χ1n) is 7.22. The van der Waals surface area contributed by atoms with Gasteiger partial charge in [0, 0.05) is 12.5 Å². The van der Waals surface area contributed by atoms with Crippen LogP contribution in [0.1, 0.15) is 44.9 Å². The molecule has 2 aliphatic carbocycles. The van der Waals surface area contributed by atoms with Gasteiger partial charge in [-0.05, 0) is 25.7 Å². The molecule has 18 heavy (non-hydrogen) atoms. The summed E-state index contributed by atoms with van der Waals surface area (Å²) in [5.74, 6) is 0.0697. The highest BCUT2D eigenvalue weighted by Gasteiger charge is 2.48. The molecule has 2 amide bonds. The van der Waals surface area contributed by atoms with E-state index in [1.807, 2.05) is 0 Å². The van der Waals surface area contributed by atoms with Crippen molar-refractivity contribution in [3.8, 4) is 0 Å². The van der Waals surface area contributed by atoms with E-state index in [2.05, 4.69) is 0 Å². The summed E-state index contributed by atoms with van der Waals surface area (Å²) in [6.45, 7) is 0.450. The standard InChI is InChI=1S/C14H21NO3/c16-12-7-3-4-9(12)8-15-13(17)10-5-1-2-6-11(10)14(15)18/h9-12,16H,1-8H2. The predicted molar refractivity (Wildman–Crippen MR) is 65.5 cm³/mol. The molecule has 1 saturated heterocycles. The second-order valence-corrected chi connectivity index (χ2v) is 6.04. The first-order valence-corrected chi connectivity index (χ1v) is 7.22. The van der Waals surface area contributed by atoms with Crippen molar-refractivity contribution in [2.45, 2.75) is 51.0 Å². The van der Waals surface area contributed by atoms with Crippen LogP contribution in [0.4, 0.5) is 0 Å². The van der Waals surface area contributed by atoms with Gasteiger partial charge in [0.1, 0.15) is 0 Å². The van der Waals surface area contributed by atoms with Crippen molar-refractivity contribution in [2.24, 2.45) is 17.8 Å². The number of hydrogen-bond donors (Lipinski definition) is 1. The number of likely N-dealkylation sites (tertiary alicyclic amines) is 1. The van der Waals surface area contributed by atoms with Crippen LogP contribution in [-0.2, 0) is 9.59 Å². The highest BCUT2D eigenvalue weighted by molar-refractivity contribution is 6.05. The largest absolute Gasteiger partial charge is 0.393 e. The lowest BCUT2D eigenvalue weighted by Gasteiger charge is -2.21. The highest BCUT2D eigenvalue weighted by atomic mass is 16.3. The van der Waals surface area contributed by atoms with E-state index in [9.17, 15) is 14.7 Å². The molecule has 0 bridgehead atoms. The summed E-state index contributed by atoms with van der Waals surface area (Å²) >= 11 is 0. The van der Waals surface area contributed by atoms with Crippen LogP contribution in [0, 0.1) is 17.8 Å². The van der Waals surface area contributed by atoms with Crippen LogP contribution < -0.4 is 0 Å². The maximum Gasteiger partial charge on any atom is 0.233 e. The summed E-state index contributed by atoms with van der Waals surface area (Å²) in [4.78, 5) is 26.0. The number of aliphatic hydroxyl groups is 1. The van der Waals surface area contributed by atoms with Gasteiger partial charge in [0.05, 0.1) is 17.9 Å². The first-order chi connectivity index (χ1) is 8.68. The molecule has 3 rings (SSSR count). The molecule has 100 valence electrons. The van der Waals surface area contributed by atoms with Gasteiger partial charge in [0.15, 0.2) is 0 Å². The fraction of sp³-hybridized carbons (Fsp3) is 0.857. The van der Waals surface area contributed by atoms with Crippen LogP contribution in [-0.4, -0.2) is 34.5 Å². The zero-order chi connectivity index (χ0) is 12.7. The third-order valence-corrected chi connectivity index (χ3v) is 4.97. The number of nitrogens with zero attached hydrogens (tertiary/aromatic N) is 1. The summed E-state index contributed by atoms with van der Waals surface area (Å²) in [5, 5.41) is 9.83. The number of rotatable bonds is 2. The Morgan fingerprint density at radius 1 is 0.944 bits per heavy atom. The number of amides is 2. The lowest BCUT2D eigenvalue weighted by molar-refractivity contribution is -0.141. The summed E-state index contributed by atoms with van der Waals surface area (Å²) in [5.41, 5.74) is 0. The molecule has 0 aromatic carbocycles. The SMILES string of the molecule is O=C1C2CCCCC2C(=O)N1CC1CCCC1O. The third kappa shape index (κ3) is 1.87. The minimum absolute atomic E-state index is 0.0313. The molecular weight excluding hydrogens is 230 g/mol. The highest BCUT2D eigenvalue weighted by Crippen LogP contribution is 2.39. The van der Waals surface area contributed by atoms with Gasteiger partial charge in [-0.1, -0.05) is 19.3 Å². The number of imide groups is 1. The Labute approximate surface area is 107 Å². The van der Waals surface area contributed by atoms with Gasteiger partial charge < -0.3 is 5.11 Å². The molecule has 4 nitrogen and oxygen atoms in total. The lowest BCUT2D eigenvalue weighted by Crippen LogP contribution is -2.37.